The monoisotopic (exact) mass is 268 g/mol. The Morgan fingerprint density at radius 2 is 1.84 bits per heavy atom. The summed E-state index contributed by atoms with van der Waals surface area (Å²) in [6.45, 7) is 8.06. The Morgan fingerprint density at radius 1 is 1.11 bits per heavy atom. The van der Waals surface area contributed by atoms with E-state index >= 15 is 0 Å². The molecule has 0 bridgehead atoms. The van der Waals surface area contributed by atoms with Crippen molar-refractivity contribution in [2.24, 2.45) is 5.41 Å². The lowest BCUT2D eigenvalue weighted by Gasteiger charge is -2.38. The molecule has 0 aromatic carbocycles. The number of hydrogen-bond donors (Lipinski definition) is 1. The second-order valence-corrected chi connectivity index (χ2v) is 6.69. The first-order chi connectivity index (χ1) is 9.31. The topological polar surface area (TPSA) is 35.9 Å². The zero-order valence-electron chi connectivity index (χ0n) is 12.0. The predicted octanol–water partition coefficient (Wildman–Crippen LogP) is 0.946. The highest BCUT2D eigenvalue weighted by molar-refractivity contribution is 4.91. The van der Waals surface area contributed by atoms with E-state index in [4.69, 9.17) is 4.74 Å². The number of aliphatic hydroxyl groups excluding tert-OH is 1. The molecule has 0 radical (unpaired) electrons. The number of likely N-dealkylation sites (tertiary alicyclic amines) is 2. The van der Waals surface area contributed by atoms with Crippen molar-refractivity contribution in [1.29, 1.82) is 0 Å². The summed E-state index contributed by atoms with van der Waals surface area (Å²) in [6, 6.07) is 0.776. The van der Waals surface area contributed by atoms with Gasteiger partial charge in [-0.25, -0.2) is 0 Å². The fraction of sp³-hybridized carbons (Fsp3) is 1.00. The van der Waals surface area contributed by atoms with Crippen molar-refractivity contribution < 1.29 is 9.84 Å². The van der Waals surface area contributed by atoms with Gasteiger partial charge in [0.05, 0.1) is 6.61 Å². The van der Waals surface area contributed by atoms with Crippen LogP contribution in [0.1, 0.15) is 32.1 Å². The first kappa shape index (κ1) is 13.8. The first-order valence-corrected chi connectivity index (χ1v) is 7.96. The van der Waals surface area contributed by atoms with E-state index in [1.54, 1.807) is 0 Å². The summed E-state index contributed by atoms with van der Waals surface area (Å²) in [5.41, 5.74) is 0.109. The van der Waals surface area contributed by atoms with Crippen molar-refractivity contribution in [1.82, 2.24) is 9.80 Å². The van der Waals surface area contributed by atoms with Crippen molar-refractivity contribution in [2.45, 2.75) is 38.1 Å². The Bertz CT molecular complexity index is 286. The molecule has 3 aliphatic rings. The van der Waals surface area contributed by atoms with Crippen LogP contribution in [0.3, 0.4) is 0 Å². The van der Waals surface area contributed by atoms with Gasteiger partial charge in [-0.1, -0.05) is 0 Å². The molecule has 0 amide bonds. The molecule has 3 rings (SSSR count). The molecular formula is C15H28N2O2. The van der Waals surface area contributed by atoms with Gasteiger partial charge in [-0.2, -0.15) is 0 Å². The van der Waals surface area contributed by atoms with Gasteiger partial charge in [0, 0.05) is 37.8 Å². The largest absolute Gasteiger partial charge is 0.396 e. The van der Waals surface area contributed by atoms with Crippen LogP contribution in [-0.4, -0.2) is 73.5 Å². The first-order valence-electron chi connectivity index (χ1n) is 7.96. The Morgan fingerprint density at radius 3 is 2.53 bits per heavy atom. The van der Waals surface area contributed by atoms with E-state index in [1.165, 1.54) is 45.4 Å². The SMILES string of the molecule is OCC1(CN2CCC(N3CCCC3)C2)CCOCC1. The second-order valence-electron chi connectivity index (χ2n) is 6.69. The molecule has 4 nitrogen and oxygen atoms in total. The molecule has 1 unspecified atom stereocenters. The van der Waals surface area contributed by atoms with Crippen LogP contribution in [0.2, 0.25) is 0 Å². The van der Waals surface area contributed by atoms with Crippen LogP contribution < -0.4 is 0 Å². The van der Waals surface area contributed by atoms with E-state index in [9.17, 15) is 5.11 Å². The number of aliphatic hydroxyl groups is 1. The van der Waals surface area contributed by atoms with Crippen LogP contribution in [0.4, 0.5) is 0 Å². The van der Waals surface area contributed by atoms with Crippen LogP contribution in [0, 0.1) is 5.41 Å². The van der Waals surface area contributed by atoms with Crippen LogP contribution >= 0.6 is 0 Å². The number of ether oxygens (including phenoxy) is 1. The fourth-order valence-corrected chi connectivity index (χ4v) is 4.01. The highest BCUT2D eigenvalue weighted by atomic mass is 16.5. The van der Waals surface area contributed by atoms with Gasteiger partial charge >= 0.3 is 0 Å². The maximum atomic E-state index is 9.79. The van der Waals surface area contributed by atoms with Gasteiger partial charge in [0.2, 0.25) is 0 Å². The van der Waals surface area contributed by atoms with Crippen molar-refractivity contribution in [3.05, 3.63) is 0 Å². The van der Waals surface area contributed by atoms with E-state index in [-0.39, 0.29) is 5.41 Å². The lowest BCUT2D eigenvalue weighted by atomic mass is 9.80. The highest BCUT2D eigenvalue weighted by Crippen LogP contribution is 2.32. The van der Waals surface area contributed by atoms with Crippen LogP contribution in [0.5, 0.6) is 0 Å². The van der Waals surface area contributed by atoms with Gasteiger partial charge in [-0.15, -0.1) is 0 Å². The lowest BCUT2D eigenvalue weighted by molar-refractivity contribution is -0.0318. The summed E-state index contributed by atoms with van der Waals surface area (Å²) in [7, 11) is 0. The quantitative estimate of drug-likeness (QED) is 0.823. The summed E-state index contributed by atoms with van der Waals surface area (Å²) in [5.74, 6) is 0. The molecule has 0 aliphatic carbocycles. The fourth-order valence-electron chi connectivity index (χ4n) is 4.01. The summed E-state index contributed by atoms with van der Waals surface area (Å²) < 4.78 is 5.46. The van der Waals surface area contributed by atoms with Crippen LogP contribution in [0.25, 0.3) is 0 Å². The molecule has 3 heterocycles. The van der Waals surface area contributed by atoms with Gasteiger partial charge in [-0.05, 0) is 51.7 Å². The number of rotatable bonds is 4. The Balaban J connectivity index is 1.52. The molecular weight excluding hydrogens is 240 g/mol. The number of nitrogens with zero attached hydrogens (tertiary/aromatic N) is 2. The molecule has 0 spiro atoms. The Labute approximate surface area is 116 Å². The van der Waals surface area contributed by atoms with E-state index in [1.807, 2.05) is 0 Å². The molecule has 0 saturated carbocycles. The minimum atomic E-state index is 0.109. The van der Waals surface area contributed by atoms with E-state index < -0.39 is 0 Å². The maximum Gasteiger partial charge on any atom is 0.0501 e. The average Bonchev–Trinajstić information content (AvgIpc) is 3.10. The van der Waals surface area contributed by atoms with Gasteiger partial charge in [0.25, 0.3) is 0 Å². The molecule has 3 fully saturated rings. The molecule has 0 aromatic rings. The van der Waals surface area contributed by atoms with Gasteiger partial charge in [-0.3, -0.25) is 4.90 Å². The van der Waals surface area contributed by atoms with E-state index in [2.05, 4.69) is 9.80 Å². The second kappa shape index (κ2) is 6.08. The van der Waals surface area contributed by atoms with Crippen molar-refractivity contribution in [3.63, 3.8) is 0 Å². The summed E-state index contributed by atoms with van der Waals surface area (Å²) in [4.78, 5) is 5.26. The third kappa shape index (κ3) is 3.13. The standard InChI is InChI=1S/C15H28N2O2/c18-13-15(4-9-19-10-5-15)12-16-8-3-14(11-16)17-6-1-2-7-17/h14,18H,1-13H2. The zero-order valence-corrected chi connectivity index (χ0v) is 12.0. The van der Waals surface area contributed by atoms with E-state index in [0.29, 0.717) is 6.61 Å². The minimum Gasteiger partial charge on any atom is -0.396 e. The zero-order chi connectivity index (χ0) is 13.1. The molecule has 19 heavy (non-hydrogen) atoms. The molecule has 110 valence electrons. The van der Waals surface area contributed by atoms with Gasteiger partial charge < -0.3 is 14.7 Å². The normalized spacial score (nSPS) is 33.0. The average molecular weight is 268 g/mol. The lowest BCUT2D eigenvalue weighted by Crippen LogP contribution is -2.44. The third-order valence-electron chi connectivity index (χ3n) is 5.35. The summed E-state index contributed by atoms with van der Waals surface area (Å²) in [6.07, 6.45) is 6.13. The van der Waals surface area contributed by atoms with Gasteiger partial charge in [0.15, 0.2) is 0 Å². The molecule has 1 atom stereocenters. The maximum absolute atomic E-state index is 9.79. The Hall–Kier alpha value is -0.160. The van der Waals surface area contributed by atoms with Crippen molar-refractivity contribution >= 4 is 0 Å². The van der Waals surface area contributed by atoms with E-state index in [0.717, 1.165) is 38.6 Å². The molecule has 3 saturated heterocycles. The van der Waals surface area contributed by atoms with Crippen molar-refractivity contribution in [3.8, 4) is 0 Å². The molecule has 3 aliphatic heterocycles. The van der Waals surface area contributed by atoms with Crippen LogP contribution in [0.15, 0.2) is 0 Å². The summed E-state index contributed by atoms with van der Waals surface area (Å²) >= 11 is 0. The van der Waals surface area contributed by atoms with Crippen molar-refractivity contribution in [2.75, 3.05) is 52.5 Å². The predicted molar refractivity (Wildman–Crippen MR) is 75.2 cm³/mol. The van der Waals surface area contributed by atoms with Gasteiger partial charge in [0.1, 0.15) is 0 Å². The highest BCUT2D eigenvalue weighted by Gasteiger charge is 2.37. The third-order valence-corrected chi connectivity index (χ3v) is 5.35. The minimum absolute atomic E-state index is 0.109. The summed E-state index contributed by atoms with van der Waals surface area (Å²) in [5, 5.41) is 9.79. The smallest absolute Gasteiger partial charge is 0.0501 e. The Kier molecular flexibility index (Phi) is 4.42. The molecule has 4 heteroatoms. The number of hydrogen-bond acceptors (Lipinski definition) is 4. The van der Waals surface area contributed by atoms with Crippen LogP contribution in [-0.2, 0) is 4.74 Å². The molecule has 0 aromatic heterocycles. The molecule has 1 N–H and O–H groups in total.